The Morgan fingerprint density at radius 1 is 1.42 bits per heavy atom. The molecule has 0 saturated heterocycles. The van der Waals surface area contributed by atoms with Crippen molar-refractivity contribution in [3.05, 3.63) is 0 Å². The SMILES string of the molecule is CC#CC(=O)N(C)C1CCCC1. The number of hydrogen-bond donors (Lipinski definition) is 0. The van der Waals surface area contributed by atoms with Crippen LogP contribution in [0.1, 0.15) is 32.6 Å². The van der Waals surface area contributed by atoms with Crippen molar-refractivity contribution in [1.29, 1.82) is 0 Å². The molecule has 0 aliphatic heterocycles. The largest absolute Gasteiger partial charge is 0.332 e. The van der Waals surface area contributed by atoms with E-state index in [4.69, 9.17) is 0 Å². The molecular weight excluding hydrogens is 150 g/mol. The molecule has 66 valence electrons. The van der Waals surface area contributed by atoms with Crippen molar-refractivity contribution in [2.75, 3.05) is 7.05 Å². The number of rotatable bonds is 1. The molecule has 0 heterocycles. The van der Waals surface area contributed by atoms with Crippen molar-refractivity contribution in [3.8, 4) is 11.8 Å². The van der Waals surface area contributed by atoms with Gasteiger partial charge in [-0.2, -0.15) is 0 Å². The second kappa shape index (κ2) is 4.15. The number of carbonyl (C=O) groups is 1. The average molecular weight is 165 g/mol. The normalized spacial score (nSPS) is 16.8. The second-order valence-electron chi connectivity index (χ2n) is 3.23. The van der Waals surface area contributed by atoms with Gasteiger partial charge in [0.15, 0.2) is 0 Å². The molecule has 1 fully saturated rings. The summed E-state index contributed by atoms with van der Waals surface area (Å²) in [5.74, 6) is 5.15. The van der Waals surface area contributed by atoms with E-state index in [-0.39, 0.29) is 5.91 Å². The summed E-state index contributed by atoms with van der Waals surface area (Å²) >= 11 is 0. The predicted molar refractivity (Wildman–Crippen MR) is 48.5 cm³/mol. The van der Waals surface area contributed by atoms with Crippen LogP contribution in [0.5, 0.6) is 0 Å². The fourth-order valence-electron chi connectivity index (χ4n) is 1.65. The summed E-state index contributed by atoms with van der Waals surface area (Å²) in [6, 6.07) is 0.443. The second-order valence-corrected chi connectivity index (χ2v) is 3.23. The molecule has 2 heteroatoms. The predicted octanol–water partition coefficient (Wildman–Crippen LogP) is 1.41. The number of carbonyl (C=O) groups excluding carboxylic acids is 1. The van der Waals surface area contributed by atoms with Crippen LogP contribution >= 0.6 is 0 Å². The minimum absolute atomic E-state index is 0.0376. The quantitative estimate of drug-likeness (QED) is 0.538. The summed E-state index contributed by atoms with van der Waals surface area (Å²) in [4.78, 5) is 13.1. The van der Waals surface area contributed by atoms with E-state index in [2.05, 4.69) is 11.8 Å². The number of amides is 1. The first kappa shape index (κ1) is 9.12. The molecule has 0 bridgehead atoms. The molecule has 0 spiro atoms. The van der Waals surface area contributed by atoms with Gasteiger partial charge in [-0.1, -0.05) is 18.8 Å². The van der Waals surface area contributed by atoms with Gasteiger partial charge in [0.05, 0.1) is 0 Å². The maximum absolute atomic E-state index is 11.3. The Hall–Kier alpha value is -0.970. The fraction of sp³-hybridized carbons (Fsp3) is 0.700. The first-order valence-electron chi connectivity index (χ1n) is 4.45. The van der Waals surface area contributed by atoms with Gasteiger partial charge in [0.1, 0.15) is 0 Å². The molecule has 1 aliphatic rings. The van der Waals surface area contributed by atoms with E-state index in [1.165, 1.54) is 12.8 Å². The van der Waals surface area contributed by atoms with Gasteiger partial charge in [0, 0.05) is 13.1 Å². The Kier molecular flexibility index (Phi) is 3.16. The van der Waals surface area contributed by atoms with Crippen molar-refractivity contribution in [2.24, 2.45) is 0 Å². The molecule has 1 amide bonds. The highest BCUT2D eigenvalue weighted by Gasteiger charge is 2.21. The molecule has 0 atom stereocenters. The Labute approximate surface area is 73.9 Å². The third-order valence-electron chi connectivity index (χ3n) is 2.42. The Balaban J connectivity index is 2.48. The topological polar surface area (TPSA) is 20.3 Å². The van der Waals surface area contributed by atoms with Gasteiger partial charge in [-0.15, -0.1) is 0 Å². The lowest BCUT2D eigenvalue weighted by molar-refractivity contribution is -0.125. The zero-order valence-corrected chi connectivity index (χ0v) is 7.76. The molecule has 2 nitrogen and oxygen atoms in total. The summed E-state index contributed by atoms with van der Waals surface area (Å²) in [5, 5.41) is 0. The minimum Gasteiger partial charge on any atom is -0.332 e. The van der Waals surface area contributed by atoms with E-state index < -0.39 is 0 Å². The van der Waals surface area contributed by atoms with Gasteiger partial charge in [0.2, 0.25) is 0 Å². The van der Waals surface area contributed by atoms with Crippen molar-refractivity contribution >= 4 is 5.91 Å². The zero-order chi connectivity index (χ0) is 8.97. The lowest BCUT2D eigenvalue weighted by Crippen LogP contribution is -2.34. The molecule has 0 aromatic rings. The van der Waals surface area contributed by atoms with Crippen LogP contribution < -0.4 is 0 Å². The molecule has 1 rings (SSSR count). The van der Waals surface area contributed by atoms with Crippen LogP contribution in [0.2, 0.25) is 0 Å². The maximum atomic E-state index is 11.3. The monoisotopic (exact) mass is 165 g/mol. The molecule has 0 aromatic carbocycles. The maximum Gasteiger partial charge on any atom is 0.298 e. The van der Waals surface area contributed by atoms with Gasteiger partial charge >= 0.3 is 0 Å². The Morgan fingerprint density at radius 2 is 2.00 bits per heavy atom. The Morgan fingerprint density at radius 3 is 2.50 bits per heavy atom. The molecule has 0 aromatic heterocycles. The lowest BCUT2D eigenvalue weighted by Gasteiger charge is -2.21. The third-order valence-corrected chi connectivity index (χ3v) is 2.42. The highest BCUT2D eigenvalue weighted by molar-refractivity contribution is 5.93. The lowest BCUT2D eigenvalue weighted by atomic mass is 10.2. The van der Waals surface area contributed by atoms with E-state index in [1.807, 2.05) is 7.05 Å². The smallest absolute Gasteiger partial charge is 0.298 e. The first-order valence-corrected chi connectivity index (χ1v) is 4.45. The van der Waals surface area contributed by atoms with Crippen LogP contribution in [0.3, 0.4) is 0 Å². The van der Waals surface area contributed by atoms with Crippen molar-refractivity contribution in [1.82, 2.24) is 4.90 Å². The van der Waals surface area contributed by atoms with Crippen LogP contribution in [0.25, 0.3) is 0 Å². The van der Waals surface area contributed by atoms with Gasteiger partial charge in [0.25, 0.3) is 5.91 Å². The summed E-state index contributed by atoms with van der Waals surface area (Å²) in [7, 11) is 1.85. The summed E-state index contributed by atoms with van der Waals surface area (Å²) < 4.78 is 0. The average Bonchev–Trinajstić information content (AvgIpc) is 2.55. The zero-order valence-electron chi connectivity index (χ0n) is 7.76. The van der Waals surface area contributed by atoms with Crippen molar-refractivity contribution in [2.45, 2.75) is 38.6 Å². The third kappa shape index (κ3) is 2.01. The number of nitrogens with zero attached hydrogens (tertiary/aromatic N) is 1. The van der Waals surface area contributed by atoms with Crippen LogP contribution in [0.4, 0.5) is 0 Å². The molecule has 0 N–H and O–H groups in total. The summed E-state index contributed by atoms with van der Waals surface area (Å²) in [6.45, 7) is 1.69. The van der Waals surface area contributed by atoms with Gasteiger partial charge in [-0.25, -0.2) is 0 Å². The molecule has 1 saturated carbocycles. The van der Waals surface area contributed by atoms with E-state index in [0.717, 1.165) is 12.8 Å². The number of hydrogen-bond acceptors (Lipinski definition) is 1. The minimum atomic E-state index is -0.0376. The van der Waals surface area contributed by atoms with Gasteiger partial charge in [-0.05, 0) is 25.7 Å². The van der Waals surface area contributed by atoms with E-state index >= 15 is 0 Å². The molecule has 0 unspecified atom stereocenters. The highest BCUT2D eigenvalue weighted by Crippen LogP contribution is 2.22. The van der Waals surface area contributed by atoms with Crippen LogP contribution in [0, 0.1) is 11.8 Å². The van der Waals surface area contributed by atoms with Crippen molar-refractivity contribution in [3.63, 3.8) is 0 Å². The molecule has 1 aliphatic carbocycles. The fourth-order valence-corrected chi connectivity index (χ4v) is 1.65. The molecule has 0 radical (unpaired) electrons. The van der Waals surface area contributed by atoms with Crippen molar-refractivity contribution < 1.29 is 4.79 Å². The van der Waals surface area contributed by atoms with Gasteiger partial charge < -0.3 is 4.90 Å². The summed E-state index contributed by atoms with van der Waals surface area (Å²) in [5.41, 5.74) is 0. The highest BCUT2D eigenvalue weighted by atomic mass is 16.2. The van der Waals surface area contributed by atoms with Crippen LogP contribution in [-0.4, -0.2) is 23.9 Å². The van der Waals surface area contributed by atoms with Gasteiger partial charge in [-0.3, -0.25) is 4.79 Å². The van der Waals surface area contributed by atoms with E-state index in [1.54, 1.807) is 11.8 Å². The molecular formula is C10H15NO. The first-order chi connectivity index (χ1) is 5.75. The van der Waals surface area contributed by atoms with Crippen LogP contribution in [0.15, 0.2) is 0 Å². The Bertz CT molecular complexity index is 218. The summed E-state index contributed by atoms with van der Waals surface area (Å²) in [6.07, 6.45) is 4.80. The van der Waals surface area contributed by atoms with E-state index in [0.29, 0.717) is 6.04 Å². The van der Waals surface area contributed by atoms with Crippen LogP contribution in [-0.2, 0) is 4.79 Å². The standard InChI is InChI=1S/C10H15NO/c1-3-6-10(12)11(2)9-7-4-5-8-9/h9H,4-5,7-8H2,1-2H3. The molecule has 12 heavy (non-hydrogen) atoms. The van der Waals surface area contributed by atoms with E-state index in [9.17, 15) is 4.79 Å².